The smallest absolute Gasteiger partial charge is 0.275 e. The number of benzene rings is 1. The lowest BCUT2D eigenvalue weighted by atomic mass is 9.67. The van der Waals surface area contributed by atoms with Gasteiger partial charge in [0.2, 0.25) is 5.91 Å². The fourth-order valence-corrected chi connectivity index (χ4v) is 5.92. The zero-order valence-corrected chi connectivity index (χ0v) is 19.8. The lowest BCUT2D eigenvalue weighted by molar-refractivity contribution is -0.133. The molecule has 3 N–H and O–H groups in total. The summed E-state index contributed by atoms with van der Waals surface area (Å²) in [5.74, 6) is -3.31. The Hall–Kier alpha value is -3.01. The van der Waals surface area contributed by atoms with Crippen molar-refractivity contribution in [2.24, 2.45) is 11.1 Å². The maximum atomic E-state index is 13.9. The SMILES string of the molecule is NC(=O)c1[nH]cnc1C(=O)N(C1CC1)[C@H]1CC[C@]2(CCCN(c3cc(F)c(F)cc3Cl)C2=O)CC1. The Morgan fingerprint density at radius 2 is 1.77 bits per heavy atom. The number of nitrogens with zero attached hydrogens (tertiary/aromatic N) is 3. The minimum absolute atomic E-state index is 0.00208. The summed E-state index contributed by atoms with van der Waals surface area (Å²) in [5.41, 5.74) is 4.96. The number of imidazole rings is 1. The fourth-order valence-electron chi connectivity index (χ4n) is 5.67. The summed E-state index contributed by atoms with van der Waals surface area (Å²) in [6, 6.07) is 1.87. The van der Waals surface area contributed by atoms with Crippen LogP contribution in [0.2, 0.25) is 5.02 Å². The Kier molecular flexibility index (Phi) is 6.03. The molecule has 1 saturated heterocycles. The zero-order valence-electron chi connectivity index (χ0n) is 19.0. The molecule has 2 aromatic rings. The molecule has 0 bridgehead atoms. The van der Waals surface area contributed by atoms with Gasteiger partial charge in [0.1, 0.15) is 5.69 Å². The first kappa shape index (κ1) is 23.7. The molecule has 0 unspecified atom stereocenters. The highest BCUT2D eigenvalue weighted by molar-refractivity contribution is 6.33. The lowest BCUT2D eigenvalue weighted by Gasteiger charge is -2.47. The van der Waals surface area contributed by atoms with Crippen molar-refractivity contribution in [3.63, 3.8) is 0 Å². The van der Waals surface area contributed by atoms with Gasteiger partial charge in [-0.05, 0) is 57.4 Å². The normalized spacial score (nSPS) is 24.6. The van der Waals surface area contributed by atoms with Crippen molar-refractivity contribution in [3.8, 4) is 0 Å². The number of hydrogen-bond acceptors (Lipinski definition) is 4. The van der Waals surface area contributed by atoms with Crippen LogP contribution in [0.5, 0.6) is 0 Å². The predicted octanol–water partition coefficient (Wildman–Crippen LogP) is 3.80. The van der Waals surface area contributed by atoms with Gasteiger partial charge < -0.3 is 20.5 Å². The van der Waals surface area contributed by atoms with E-state index in [1.165, 1.54) is 11.2 Å². The number of nitrogens with one attached hydrogen (secondary N) is 1. The van der Waals surface area contributed by atoms with E-state index >= 15 is 0 Å². The minimum atomic E-state index is -1.06. The molecule has 3 amide bonds. The molecule has 3 aliphatic rings. The van der Waals surface area contributed by atoms with Crippen molar-refractivity contribution < 1.29 is 23.2 Å². The van der Waals surface area contributed by atoms with E-state index in [9.17, 15) is 23.2 Å². The van der Waals surface area contributed by atoms with E-state index in [1.54, 1.807) is 0 Å². The Morgan fingerprint density at radius 1 is 1.11 bits per heavy atom. The molecule has 2 saturated carbocycles. The number of aromatic amines is 1. The van der Waals surface area contributed by atoms with Crippen molar-refractivity contribution >= 4 is 35.0 Å². The topological polar surface area (TPSA) is 112 Å². The second kappa shape index (κ2) is 8.89. The van der Waals surface area contributed by atoms with Gasteiger partial charge in [0, 0.05) is 30.1 Å². The van der Waals surface area contributed by atoms with Crippen molar-refractivity contribution in [2.75, 3.05) is 11.4 Å². The third-order valence-electron chi connectivity index (χ3n) is 7.59. The summed E-state index contributed by atoms with van der Waals surface area (Å²) < 4.78 is 27.5. The van der Waals surface area contributed by atoms with Crippen LogP contribution in [0, 0.1) is 17.0 Å². The zero-order chi connectivity index (χ0) is 24.9. The van der Waals surface area contributed by atoms with Gasteiger partial charge in [-0.3, -0.25) is 14.4 Å². The van der Waals surface area contributed by atoms with Crippen LogP contribution >= 0.6 is 11.6 Å². The van der Waals surface area contributed by atoms with Crippen LogP contribution in [0.25, 0.3) is 0 Å². The summed E-state index contributed by atoms with van der Waals surface area (Å²) in [6.07, 6.45) is 6.81. The van der Waals surface area contributed by atoms with Gasteiger partial charge in [0.05, 0.1) is 17.0 Å². The highest BCUT2D eigenvalue weighted by atomic mass is 35.5. The standard InChI is InChI=1S/C24H26ClF2N5O3/c25-15-10-16(26)17(27)11-18(15)31-9-1-6-24(23(31)35)7-4-14(5-8-24)32(13-2-3-13)22(34)20-19(21(28)33)29-12-30-20/h10-14H,1-9H2,(H2,28,33)(H,29,30)/t14-,24+. The number of anilines is 1. The van der Waals surface area contributed by atoms with Crippen molar-refractivity contribution in [1.29, 1.82) is 0 Å². The molecule has 3 fully saturated rings. The maximum Gasteiger partial charge on any atom is 0.275 e. The molecule has 2 heterocycles. The number of carbonyl (C=O) groups is 3. The van der Waals surface area contributed by atoms with Gasteiger partial charge in [-0.25, -0.2) is 13.8 Å². The van der Waals surface area contributed by atoms with Crippen LogP contribution in [0.4, 0.5) is 14.5 Å². The largest absolute Gasteiger partial charge is 0.364 e. The van der Waals surface area contributed by atoms with Gasteiger partial charge >= 0.3 is 0 Å². The second-order valence-electron chi connectivity index (χ2n) is 9.72. The van der Waals surface area contributed by atoms with Crippen LogP contribution in [-0.4, -0.2) is 51.2 Å². The van der Waals surface area contributed by atoms with Crippen LogP contribution in [0.3, 0.4) is 0 Å². The van der Waals surface area contributed by atoms with Crippen LogP contribution in [0.1, 0.15) is 72.3 Å². The van der Waals surface area contributed by atoms with Gasteiger partial charge in [-0.1, -0.05) is 11.6 Å². The third kappa shape index (κ3) is 4.17. The van der Waals surface area contributed by atoms with Crippen LogP contribution in [-0.2, 0) is 4.79 Å². The number of halogens is 3. The van der Waals surface area contributed by atoms with Gasteiger partial charge in [-0.15, -0.1) is 0 Å². The Labute approximate surface area is 205 Å². The molecular weight excluding hydrogens is 480 g/mol. The third-order valence-corrected chi connectivity index (χ3v) is 7.89. The van der Waals surface area contributed by atoms with Crippen molar-refractivity contribution in [2.45, 2.75) is 63.5 Å². The summed E-state index contributed by atoms with van der Waals surface area (Å²) in [6.45, 7) is 0.385. The van der Waals surface area contributed by atoms with Crippen molar-refractivity contribution in [3.05, 3.63) is 46.5 Å². The molecule has 11 heteroatoms. The average molecular weight is 506 g/mol. The molecule has 35 heavy (non-hydrogen) atoms. The number of H-pyrrole nitrogens is 1. The second-order valence-corrected chi connectivity index (χ2v) is 10.1. The fraction of sp³-hybridized carbons (Fsp3) is 0.500. The Bertz CT molecular complexity index is 1190. The van der Waals surface area contributed by atoms with E-state index in [1.807, 2.05) is 4.90 Å². The summed E-state index contributed by atoms with van der Waals surface area (Å²) in [4.78, 5) is 48.7. The van der Waals surface area contributed by atoms with Gasteiger partial charge in [0.15, 0.2) is 17.3 Å². The first-order valence-electron chi connectivity index (χ1n) is 11.8. The highest BCUT2D eigenvalue weighted by Gasteiger charge is 2.49. The predicted molar refractivity (Wildman–Crippen MR) is 124 cm³/mol. The first-order chi connectivity index (χ1) is 16.7. The lowest BCUT2D eigenvalue weighted by Crippen LogP contribution is -2.53. The number of piperidine rings is 1. The van der Waals surface area contributed by atoms with E-state index in [4.69, 9.17) is 17.3 Å². The van der Waals surface area contributed by atoms with E-state index in [0.717, 1.165) is 25.0 Å². The molecule has 186 valence electrons. The van der Waals surface area contributed by atoms with E-state index in [2.05, 4.69) is 9.97 Å². The number of nitrogens with two attached hydrogens (primary N) is 1. The minimum Gasteiger partial charge on any atom is -0.364 e. The summed E-state index contributed by atoms with van der Waals surface area (Å²) in [7, 11) is 0. The molecule has 1 aliphatic heterocycles. The molecule has 2 aliphatic carbocycles. The number of rotatable bonds is 5. The molecule has 1 aromatic carbocycles. The molecule has 0 radical (unpaired) electrons. The monoisotopic (exact) mass is 505 g/mol. The van der Waals surface area contributed by atoms with E-state index < -0.39 is 23.0 Å². The van der Waals surface area contributed by atoms with E-state index in [-0.39, 0.29) is 46.0 Å². The van der Waals surface area contributed by atoms with Crippen LogP contribution < -0.4 is 10.6 Å². The maximum absolute atomic E-state index is 13.9. The number of hydrogen-bond donors (Lipinski definition) is 2. The molecular formula is C24H26ClF2N5O3. The first-order valence-corrected chi connectivity index (χ1v) is 12.2. The van der Waals surface area contributed by atoms with E-state index in [0.29, 0.717) is 45.1 Å². The number of primary amides is 1. The highest BCUT2D eigenvalue weighted by Crippen LogP contribution is 2.48. The average Bonchev–Trinajstić information content (AvgIpc) is 3.53. The van der Waals surface area contributed by atoms with Gasteiger partial charge in [0.25, 0.3) is 11.8 Å². The molecule has 1 spiro atoms. The quantitative estimate of drug-likeness (QED) is 0.602. The molecule has 5 rings (SSSR count). The number of carbonyl (C=O) groups excluding carboxylic acids is 3. The van der Waals surface area contributed by atoms with Crippen LogP contribution in [0.15, 0.2) is 18.5 Å². The molecule has 8 nitrogen and oxygen atoms in total. The summed E-state index contributed by atoms with van der Waals surface area (Å²) in [5, 5.41) is -0.00208. The number of amides is 3. The van der Waals surface area contributed by atoms with Gasteiger partial charge in [-0.2, -0.15) is 0 Å². The molecule has 1 aromatic heterocycles. The number of aromatic nitrogens is 2. The molecule has 0 atom stereocenters. The van der Waals surface area contributed by atoms with Crippen molar-refractivity contribution in [1.82, 2.24) is 14.9 Å². The Balaban J connectivity index is 1.34. The Morgan fingerprint density at radius 3 is 2.43 bits per heavy atom. The summed E-state index contributed by atoms with van der Waals surface area (Å²) >= 11 is 6.17.